The first-order chi connectivity index (χ1) is 6.77. The van der Waals surface area contributed by atoms with Gasteiger partial charge < -0.3 is 5.32 Å². The van der Waals surface area contributed by atoms with Crippen LogP contribution < -0.4 is 5.32 Å². The summed E-state index contributed by atoms with van der Waals surface area (Å²) in [5, 5.41) is 4.19. The molecule has 0 saturated heterocycles. The molecule has 0 aliphatic rings. The van der Waals surface area contributed by atoms with Crippen LogP contribution in [-0.2, 0) is 0 Å². The Balaban J connectivity index is 2.49. The molecule has 1 N–H and O–H groups in total. The lowest BCUT2D eigenvalue weighted by Crippen LogP contribution is -2.12. The third-order valence-corrected chi connectivity index (χ3v) is 2.94. The lowest BCUT2D eigenvalue weighted by atomic mass is 10.0. The maximum atomic E-state index is 6.03. The molecule has 14 heavy (non-hydrogen) atoms. The molecule has 0 radical (unpaired) electrons. The predicted molar refractivity (Wildman–Crippen MR) is 64.0 cm³/mol. The van der Waals surface area contributed by atoms with Gasteiger partial charge in [-0.3, -0.25) is 0 Å². The molecular weight excluding hydrogens is 194 g/mol. The summed E-state index contributed by atoms with van der Waals surface area (Å²) < 4.78 is 0. The van der Waals surface area contributed by atoms with E-state index in [4.69, 9.17) is 11.6 Å². The van der Waals surface area contributed by atoms with E-state index in [2.05, 4.69) is 19.2 Å². The van der Waals surface area contributed by atoms with Gasteiger partial charge in [-0.25, -0.2) is 0 Å². The van der Waals surface area contributed by atoms with Gasteiger partial charge in [0.15, 0.2) is 0 Å². The molecule has 0 atom stereocenters. The Hall–Kier alpha value is -0.690. The molecule has 1 aromatic carbocycles. The lowest BCUT2D eigenvalue weighted by Gasteiger charge is -2.14. The van der Waals surface area contributed by atoms with E-state index in [-0.39, 0.29) is 0 Å². The van der Waals surface area contributed by atoms with Crippen molar-refractivity contribution in [3.05, 3.63) is 29.3 Å². The highest BCUT2D eigenvalue weighted by Gasteiger charge is 2.03. The molecule has 0 heterocycles. The normalized spacial score (nSPS) is 10.6. The van der Waals surface area contributed by atoms with Crippen LogP contribution in [0.1, 0.15) is 26.7 Å². The molecule has 0 fully saturated rings. The van der Waals surface area contributed by atoms with Gasteiger partial charge in [-0.1, -0.05) is 50.4 Å². The molecule has 1 aromatic rings. The summed E-state index contributed by atoms with van der Waals surface area (Å²) in [4.78, 5) is 0. The van der Waals surface area contributed by atoms with E-state index in [1.165, 1.54) is 12.8 Å². The Bertz CT molecular complexity index is 269. The monoisotopic (exact) mass is 211 g/mol. The number of hydrogen-bond donors (Lipinski definition) is 1. The second kappa shape index (κ2) is 5.92. The van der Waals surface area contributed by atoms with Crippen LogP contribution in [0.25, 0.3) is 0 Å². The van der Waals surface area contributed by atoms with Gasteiger partial charge in [0.2, 0.25) is 0 Å². The molecule has 2 heteroatoms. The fourth-order valence-electron chi connectivity index (χ4n) is 1.44. The van der Waals surface area contributed by atoms with E-state index in [1.54, 1.807) is 0 Å². The average molecular weight is 212 g/mol. The minimum atomic E-state index is 0.742. The SMILES string of the molecule is CCC(CC)CNc1ccccc1Cl. The Labute approximate surface area is 91.5 Å². The summed E-state index contributed by atoms with van der Waals surface area (Å²) in [5.41, 5.74) is 1.04. The molecule has 78 valence electrons. The fourth-order valence-corrected chi connectivity index (χ4v) is 1.64. The molecule has 1 rings (SSSR count). The van der Waals surface area contributed by atoms with Gasteiger partial charge in [0, 0.05) is 6.54 Å². The van der Waals surface area contributed by atoms with Gasteiger partial charge in [0.05, 0.1) is 10.7 Å². The molecule has 0 aliphatic carbocycles. The van der Waals surface area contributed by atoms with Crippen molar-refractivity contribution in [2.75, 3.05) is 11.9 Å². The van der Waals surface area contributed by atoms with Crippen molar-refractivity contribution in [2.24, 2.45) is 5.92 Å². The summed E-state index contributed by atoms with van der Waals surface area (Å²) in [6.07, 6.45) is 2.43. The van der Waals surface area contributed by atoms with Crippen molar-refractivity contribution < 1.29 is 0 Å². The standard InChI is InChI=1S/C12H18ClN/c1-3-10(4-2)9-14-12-8-6-5-7-11(12)13/h5-8,10,14H,3-4,9H2,1-2H3. The van der Waals surface area contributed by atoms with Crippen LogP contribution in [0.5, 0.6) is 0 Å². The Morgan fingerprint density at radius 1 is 1.21 bits per heavy atom. The van der Waals surface area contributed by atoms with Crippen molar-refractivity contribution >= 4 is 17.3 Å². The lowest BCUT2D eigenvalue weighted by molar-refractivity contribution is 0.519. The maximum Gasteiger partial charge on any atom is 0.0637 e. The Morgan fingerprint density at radius 2 is 1.86 bits per heavy atom. The van der Waals surface area contributed by atoms with E-state index in [0.717, 1.165) is 23.2 Å². The summed E-state index contributed by atoms with van der Waals surface area (Å²) in [6, 6.07) is 7.88. The van der Waals surface area contributed by atoms with Crippen LogP contribution in [0.3, 0.4) is 0 Å². The van der Waals surface area contributed by atoms with Crippen LogP contribution >= 0.6 is 11.6 Å². The van der Waals surface area contributed by atoms with Crippen LogP contribution in [-0.4, -0.2) is 6.54 Å². The van der Waals surface area contributed by atoms with E-state index in [1.807, 2.05) is 24.3 Å². The van der Waals surface area contributed by atoms with E-state index in [0.29, 0.717) is 0 Å². The minimum Gasteiger partial charge on any atom is -0.384 e. The molecule has 1 nitrogen and oxygen atoms in total. The van der Waals surface area contributed by atoms with Crippen molar-refractivity contribution in [1.29, 1.82) is 0 Å². The molecule has 0 aliphatic heterocycles. The third kappa shape index (κ3) is 3.22. The molecule has 0 aromatic heterocycles. The average Bonchev–Trinajstić information content (AvgIpc) is 2.22. The number of nitrogens with one attached hydrogen (secondary N) is 1. The quantitative estimate of drug-likeness (QED) is 0.770. The predicted octanol–water partition coefficient (Wildman–Crippen LogP) is 4.19. The second-order valence-electron chi connectivity index (χ2n) is 3.54. The van der Waals surface area contributed by atoms with Gasteiger partial charge in [-0.15, -0.1) is 0 Å². The Kier molecular flexibility index (Phi) is 4.81. The first-order valence-electron chi connectivity index (χ1n) is 5.26. The van der Waals surface area contributed by atoms with E-state index >= 15 is 0 Å². The van der Waals surface area contributed by atoms with E-state index < -0.39 is 0 Å². The highest BCUT2D eigenvalue weighted by molar-refractivity contribution is 6.33. The van der Waals surface area contributed by atoms with Crippen LogP contribution in [0.15, 0.2) is 24.3 Å². The second-order valence-corrected chi connectivity index (χ2v) is 3.95. The summed E-state index contributed by atoms with van der Waals surface area (Å²) in [7, 11) is 0. The summed E-state index contributed by atoms with van der Waals surface area (Å²) in [6.45, 7) is 5.46. The smallest absolute Gasteiger partial charge is 0.0637 e. The number of anilines is 1. The zero-order valence-electron chi connectivity index (χ0n) is 8.89. The van der Waals surface area contributed by atoms with Gasteiger partial charge in [0.25, 0.3) is 0 Å². The number of benzene rings is 1. The zero-order chi connectivity index (χ0) is 10.4. The molecular formula is C12H18ClN. The largest absolute Gasteiger partial charge is 0.384 e. The summed E-state index contributed by atoms with van der Waals surface area (Å²) in [5.74, 6) is 0.742. The summed E-state index contributed by atoms with van der Waals surface area (Å²) >= 11 is 6.03. The molecule has 0 bridgehead atoms. The van der Waals surface area contributed by atoms with Crippen LogP contribution in [0, 0.1) is 5.92 Å². The highest BCUT2D eigenvalue weighted by Crippen LogP contribution is 2.21. The molecule has 0 amide bonds. The van der Waals surface area contributed by atoms with Crippen molar-refractivity contribution in [3.63, 3.8) is 0 Å². The Morgan fingerprint density at radius 3 is 2.43 bits per heavy atom. The third-order valence-electron chi connectivity index (χ3n) is 2.61. The maximum absolute atomic E-state index is 6.03. The van der Waals surface area contributed by atoms with Crippen LogP contribution in [0.2, 0.25) is 5.02 Å². The van der Waals surface area contributed by atoms with Crippen LogP contribution in [0.4, 0.5) is 5.69 Å². The topological polar surface area (TPSA) is 12.0 Å². The first kappa shape index (κ1) is 11.4. The van der Waals surface area contributed by atoms with Crippen molar-refractivity contribution in [1.82, 2.24) is 0 Å². The van der Waals surface area contributed by atoms with E-state index in [9.17, 15) is 0 Å². The van der Waals surface area contributed by atoms with Crippen molar-refractivity contribution in [3.8, 4) is 0 Å². The fraction of sp³-hybridized carbons (Fsp3) is 0.500. The molecule has 0 saturated carbocycles. The number of para-hydroxylation sites is 1. The number of hydrogen-bond acceptors (Lipinski definition) is 1. The van der Waals surface area contributed by atoms with Gasteiger partial charge in [-0.2, -0.15) is 0 Å². The highest BCUT2D eigenvalue weighted by atomic mass is 35.5. The number of halogens is 1. The van der Waals surface area contributed by atoms with Gasteiger partial charge >= 0.3 is 0 Å². The minimum absolute atomic E-state index is 0.742. The van der Waals surface area contributed by atoms with Gasteiger partial charge in [0.1, 0.15) is 0 Å². The van der Waals surface area contributed by atoms with Crippen molar-refractivity contribution in [2.45, 2.75) is 26.7 Å². The molecule has 0 unspecified atom stereocenters. The molecule has 0 spiro atoms. The number of rotatable bonds is 5. The first-order valence-corrected chi connectivity index (χ1v) is 5.64. The zero-order valence-corrected chi connectivity index (χ0v) is 9.64. The van der Waals surface area contributed by atoms with Gasteiger partial charge in [-0.05, 0) is 18.1 Å².